The third kappa shape index (κ3) is 1.30. The van der Waals surface area contributed by atoms with Gasteiger partial charge in [-0.15, -0.1) is 0 Å². The quantitative estimate of drug-likeness (QED) is 0.729. The largest absolute Gasteiger partial charge is 0.392 e. The van der Waals surface area contributed by atoms with Gasteiger partial charge in [0.2, 0.25) is 0 Å². The van der Waals surface area contributed by atoms with Gasteiger partial charge >= 0.3 is 0 Å². The van der Waals surface area contributed by atoms with Crippen LogP contribution in [-0.2, 0) is 6.61 Å². The van der Waals surface area contributed by atoms with Gasteiger partial charge in [0.25, 0.3) is 0 Å². The zero-order chi connectivity index (χ0) is 9.97. The molecule has 0 bridgehead atoms. The van der Waals surface area contributed by atoms with Gasteiger partial charge in [-0.25, -0.2) is 0 Å². The van der Waals surface area contributed by atoms with Crippen LogP contribution in [-0.4, -0.2) is 11.4 Å². The molecule has 0 aliphatic carbocycles. The molecule has 2 aromatic carbocycles. The lowest BCUT2D eigenvalue weighted by atomic mass is 10.0. The van der Waals surface area contributed by atoms with Crippen LogP contribution in [0.3, 0.4) is 0 Å². The normalized spacial score (nSPS) is 10.4. The predicted molar refractivity (Wildman–Crippen MR) is 55.3 cm³/mol. The SMILES string of the molecule is O=Cc1ccc(CO)c2ccccc12. The molecule has 0 saturated carbocycles. The molecule has 0 spiro atoms. The van der Waals surface area contributed by atoms with Crippen molar-refractivity contribution in [3.8, 4) is 0 Å². The van der Waals surface area contributed by atoms with Crippen LogP contribution < -0.4 is 0 Å². The summed E-state index contributed by atoms with van der Waals surface area (Å²) < 4.78 is 0. The standard InChI is InChI=1S/C12H10O2/c13-7-9-5-6-10(8-14)12-4-2-1-3-11(9)12/h1-7,14H,8H2. The lowest BCUT2D eigenvalue weighted by Crippen LogP contribution is -1.89. The molecule has 0 unspecified atom stereocenters. The fraction of sp³-hybridized carbons (Fsp3) is 0.0833. The molecule has 2 heteroatoms. The summed E-state index contributed by atoms with van der Waals surface area (Å²) in [4.78, 5) is 10.8. The average molecular weight is 186 g/mol. The van der Waals surface area contributed by atoms with E-state index in [1.54, 1.807) is 12.1 Å². The average Bonchev–Trinajstić information content (AvgIpc) is 2.27. The van der Waals surface area contributed by atoms with Crippen LogP contribution in [0.1, 0.15) is 15.9 Å². The minimum atomic E-state index is -0.000347. The van der Waals surface area contributed by atoms with Crippen LogP contribution in [0.15, 0.2) is 36.4 Å². The Bertz CT molecular complexity index is 475. The number of aldehydes is 1. The maximum Gasteiger partial charge on any atom is 0.150 e. The lowest BCUT2D eigenvalue weighted by Gasteiger charge is -2.05. The van der Waals surface area contributed by atoms with E-state index in [2.05, 4.69) is 0 Å². The van der Waals surface area contributed by atoms with E-state index in [4.69, 9.17) is 5.11 Å². The second-order valence-electron chi connectivity index (χ2n) is 3.14. The first-order valence-electron chi connectivity index (χ1n) is 4.43. The molecule has 0 amide bonds. The van der Waals surface area contributed by atoms with Crippen molar-refractivity contribution in [2.24, 2.45) is 0 Å². The highest BCUT2D eigenvalue weighted by Crippen LogP contribution is 2.21. The third-order valence-electron chi connectivity index (χ3n) is 2.35. The van der Waals surface area contributed by atoms with E-state index in [-0.39, 0.29) is 6.61 Å². The Morgan fingerprint density at radius 3 is 2.43 bits per heavy atom. The number of benzene rings is 2. The van der Waals surface area contributed by atoms with E-state index in [0.29, 0.717) is 5.56 Å². The van der Waals surface area contributed by atoms with Crippen LogP contribution in [0.5, 0.6) is 0 Å². The topological polar surface area (TPSA) is 37.3 Å². The van der Waals surface area contributed by atoms with Gasteiger partial charge in [-0.1, -0.05) is 36.4 Å². The minimum absolute atomic E-state index is 0.000347. The van der Waals surface area contributed by atoms with Crippen molar-refractivity contribution in [3.63, 3.8) is 0 Å². The van der Waals surface area contributed by atoms with Crippen LogP contribution in [0.2, 0.25) is 0 Å². The molecule has 2 nitrogen and oxygen atoms in total. The van der Waals surface area contributed by atoms with Crippen LogP contribution in [0.25, 0.3) is 10.8 Å². The monoisotopic (exact) mass is 186 g/mol. The first kappa shape index (κ1) is 8.91. The zero-order valence-electron chi connectivity index (χ0n) is 7.60. The van der Waals surface area contributed by atoms with Crippen LogP contribution in [0, 0.1) is 0 Å². The van der Waals surface area contributed by atoms with Crippen molar-refractivity contribution in [1.82, 2.24) is 0 Å². The predicted octanol–water partition coefficient (Wildman–Crippen LogP) is 2.14. The van der Waals surface area contributed by atoms with Crippen molar-refractivity contribution >= 4 is 17.1 Å². The zero-order valence-corrected chi connectivity index (χ0v) is 7.60. The summed E-state index contributed by atoms with van der Waals surface area (Å²) in [6, 6.07) is 11.1. The number of fused-ring (bicyclic) bond motifs is 1. The van der Waals surface area contributed by atoms with Gasteiger partial charge in [0, 0.05) is 5.56 Å². The van der Waals surface area contributed by atoms with E-state index in [1.807, 2.05) is 24.3 Å². The molecule has 0 aliphatic heterocycles. The van der Waals surface area contributed by atoms with Gasteiger partial charge in [0.05, 0.1) is 6.61 Å². The van der Waals surface area contributed by atoms with Crippen LogP contribution >= 0.6 is 0 Å². The summed E-state index contributed by atoms with van der Waals surface area (Å²) in [5.41, 5.74) is 1.52. The number of aliphatic hydroxyl groups excluding tert-OH is 1. The molecule has 0 aliphatic rings. The molecule has 0 fully saturated rings. The molecular weight excluding hydrogens is 176 g/mol. The maximum absolute atomic E-state index is 10.8. The molecule has 0 aromatic heterocycles. The molecule has 0 saturated heterocycles. The molecule has 0 radical (unpaired) electrons. The second-order valence-corrected chi connectivity index (χ2v) is 3.14. The Morgan fingerprint density at radius 2 is 1.79 bits per heavy atom. The highest BCUT2D eigenvalue weighted by molar-refractivity contribution is 5.99. The Balaban J connectivity index is 2.84. The van der Waals surface area contributed by atoms with Gasteiger partial charge in [-0.05, 0) is 16.3 Å². The van der Waals surface area contributed by atoms with Gasteiger partial charge in [-0.2, -0.15) is 0 Å². The summed E-state index contributed by atoms with van der Waals surface area (Å²) in [6.07, 6.45) is 0.837. The smallest absolute Gasteiger partial charge is 0.150 e. The number of rotatable bonds is 2. The summed E-state index contributed by atoms with van der Waals surface area (Å²) in [5, 5.41) is 11.0. The van der Waals surface area contributed by atoms with E-state index < -0.39 is 0 Å². The number of hydrogen-bond acceptors (Lipinski definition) is 2. The first-order chi connectivity index (χ1) is 6.86. The molecular formula is C12H10O2. The molecule has 0 heterocycles. The van der Waals surface area contributed by atoms with Crippen molar-refractivity contribution in [3.05, 3.63) is 47.5 Å². The second kappa shape index (κ2) is 3.60. The molecule has 2 rings (SSSR count). The van der Waals surface area contributed by atoms with E-state index in [0.717, 1.165) is 22.6 Å². The molecule has 0 atom stereocenters. The molecule has 70 valence electrons. The molecule has 14 heavy (non-hydrogen) atoms. The van der Waals surface area contributed by atoms with E-state index in [9.17, 15) is 4.79 Å². The number of carbonyl (C=O) groups is 1. The van der Waals surface area contributed by atoms with Crippen molar-refractivity contribution in [2.45, 2.75) is 6.61 Å². The first-order valence-corrected chi connectivity index (χ1v) is 4.43. The van der Waals surface area contributed by atoms with Gasteiger partial charge in [-0.3, -0.25) is 4.79 Å². The fourth-order valence-electron chi connectivity index (χ4n) is 1.63. The lowest BCUT2D eigenvalue weighted by molar-refractivity contribution is 0.112. The number of aliphatic hydroxyl groups is 1. The van der Waals surface area contributed by atoms with E-state index >= 15 is 0 Å². The Hall–Kier alpha value is -1.67. The van der Waals surface area contributed by atoms with Crippen LogP contribution in [0.4, 0.5) is 0 Å². The molecule has 1 N–H and O–H groups in total. The highest BCUT2D eigenvalue weighted by atomic mass is 16.3. The van der Waals surface area contributed by atoms with E-state index in [1.165, 1.54) is 0 Å². The van der Waals surface area contributed by atoms with Crippen molar-refractivity contribution in [2.75, 3.05) is 0 Å². The minimum Gasteiger partial charge on any atom is -0.392 e. The van der Waals surface area contributed by atoms with Crippen molar-refractivity contribution < 1.29 is 9.90 Å². The number of carbonyl (C=O) groups excluding carboxylic acids is 1. The van der Waals surface area contributed by atoms with Gasteiger partial charge in [0.1, 0.15) is 0 Å². The van der Waals surface area contributed by atoms with Gasteiger partial charge in [0.15, 0.2) is 6.29 Å². The summed E-state index contributed by atoms with van der Waals surface area (Å²) in [7, 11) is 0. The number of hydrogen-bond donors (Lipinski definition) is 1. The highest BCUT2D eigenvalue weighted by Gasteiger charge is 2.03. The molecule has 2 aromatic rings. The Labute approximate surface area is 81.8 Å². The van der Waals surface area contributed by atoms with Gasteiger partial charge < -0.3 is 5.11 Å². The summed E-state index contributed by atoms with van der Waals surface area (Å²) >= 11 is 0. The summed E-state index contributed by atoms with van der Waals surface area (Å²) in [5.74, 6) is 0. The fourth-order valence-corrected chi connectivity index (χ4v) is 1.63. The maximum atomic E-state index is 10.8. The Kier molecular flexibility index (Phi) is 2.29. The summed E-state index contributed by atoms with van der Waals surface area (Å²) in [6.45, 7) is -0.000347. The third-order valence-corrected chi connectivity index (χ3v) is 2.35. The Morgan fingerprint density at radius 1 is 1.07 bits per heavy atom. The van der Waals surface area contributed by atoms with Crippen molar-refractivity contribution in [1.29, 1.82) is 0 Å².